The second kappa shape index (κ2) is 16.9. The summed E-state index contributed by atoms with van der Waals surface area (Å²) in [5, 5.41) is 0. The Hall–Kier alpha value is -3.84. The molecule has 0 radical (unpaired) electrons. The van der Waals surface area contributed by atoms with Gasteiger partial charge >= 0.3 is 23.9 Å². The van der Waals surface area contributed by atoms with Gasteiger partial charge in [0.2, 0.25) is 0 Å². The first-order valence-electron chi connectivity index (χ1n) is 14.8. The molecule has 2 heterocycles. The summed E-state index contributed by atoms with van der Waals surface area (Å²) in [6.07, 6.45) is 2.61. The molecule has 44 heavy (non-hydrogen) atoms. The molecule has 1 aromatic rings. The Bertz CT molecular complexity index is 1160. The zero-order valence-corrected chi connectivity index (χ0v) is 25.6. The van der Waals surface area contributed by atoms with E-state index in [0.29, 0.717) is 19.4 Å². The fourth-order valence-corrected chi connectivity index (χ4v) is 5.56. The molecule has 13 heteroatoms. The molecule has 3 rings (SSSR count). The van der Waals surface area contributed by atoms with Crippen molar-refractivity contribution in [3.8, 4) is 0 Å². The van der Waals surface area contributed by atoms with Crippen molar-refractivity contribution in [2.75, 3.05) is 34.0 Å². The number of methoxy groups -OCH3 is 2. The summed E-state index contributed by atoms with van der Waals surface area (Å²) in [6, 6.07) is 4.82. The van der Waals surface area contributed by atoms with Crippen LogP contribution in [0.1, 0.15) is 79.5 Å². The number of imide groups is 1. The van der Waals surface area contributed by atoms with Crippen LogP contribution in [0.2, 0.25) is 0 Å². The molecule has 0 aliphatic carbocycles. The molecule has 0 N–H and O–H groups in total. The quantitative estimate of drug-likeness (QED) is 0.115. The van der Waals surface area contributed by atoms with Crippen molar-refractivity contribution in [3.63, 3.8) is 0 Å². The molecule has 0 saturated carbocycles. The molecule has 5 atom stereocenters. The molecule has 2 aliphatic rings. The lowest BCUT2D eigenvalue weighted by atomic mass is 9.78. The molecule has 13 nitrogen and oxygen atoms in total. The molecule has 1 saturated heterocycles. The van der Waals surface area contributed by atoms with Crippen LogP contribution in [-0.4, -0.2) is 93.1 Å². The summed E-state index contributed by atoms with van der Waals surface area (Å²) in [6.45, 7) is 3.05. The number of carbonyl (C=O) groups excluding carboxylic acids is 6. The van der Waals surface area contributed by atoms with E-state index >= 15 is 0 Å². The molecule has 2 amide bonds. The van der Waals surface area contributed by atoms with E-state index in [2.05, 4.69) is 0 Å². The van der Waals surface area contributed by atoms with E-state index in [1.807, 2.05) is 0 Å². The van der Waals surface area contributed by atoms with E-state index in [1.165, 1.54) is 19.1 Å². The smallest absolute Gasteiger partial charge is 0.312 e. The van der Waals surface area contributed by atoms with Crippen LogP contribution in [0.4, 0.5) is 0 Å². The van der Waals surface area contributed by atoms with Gasteiger partial charge in [-0.1, -0.05) is 37.8 Å². The molecule has 2 aliphatic heterocycles. The number of ether oxygens (including phenoxy) is 6. The molecule has 1 aromatic carbocycles. The van der Waals surface area contributed by atoms with Crippen molar-refractivity contribution in [1.82, 2.24) is 4.90 Å². The van der Waals surface area contributed by atoms with Crippen LogP contribution in [-0.2, 0) is 47.6 Å². The predicted molar refractivity (Wildman–Crippen MR) is 152 cm³/mol. The standard InChI is InChI=1S/C31H41NO12/c1-5-41-23(34)16-10-8-6-7-9-13-17-42-31-26(32-27(35)20-14-11-12-15-21(20)28(32)36)25(30(38)40-4)24(29(37)39-3)22(44-31)18-43-19(2)33/h11-12,14-15,22,24-26,31H,5-10,13,16-18H2,1-4H3. The topological polar surface area (TPSA) is 161 Å². The number of amides is 2. The minimum absolute atomic E-state index is 0.138. The normalized spacial score (nSPS) is 22.7. The minimum Gasteiger partial charge on any atom is -0.469 e. The highest BCUT2D eigenvalue weighted by Gasteiger charge is 2.59. The highest BCUT2D eigenvalue weighted by atomic mass is 16.7. The van der Waals surface area contributed by atoms with E-state index in [-0.39, 0.29) is 23.7 Å². The summed E-state index contributed by atoms with van der Waals surface area (Å²) in [4.78, 5) is 77.5. The van der Waals surface area contributed by atoms with Crippen molar-refractivity contribution in [3.05, 3.63) is 35.4 Å². The molecule has 1 fully saturated rings. The Balaban J connectivity index is 1.80. The lowest BCUT2D eigenvalue weighted by Gasteiger charge is -2.46. The number of esters is 4. The van der Waals surface area contributed by atoms with Gasteiger partial charge in [-0.15, -0.1) is 0 Å². The third-order valence-electron chi connectivity index (χ3n) is 7.63. The summed E-state index contributed by atoms with van der Waals surface area (Å²) in [7, 11) is 2.24. The first kappa shape index (κ1) is 34.6. The first-order chi connectivity index (χ1) is 21.2. The Kier molecular flexibility index (Phi) is 13.3. The fourth-order valence-electron chi connectivity index (χ4n) is 5.56. The summed E-state index contributed by atoms with van der Waals surface area (Å²) >= 11 is 0. The van der Waals surface area contributed by atoms with Crippen molar-refractivity contribution < 1.29 is 57.2 Å². The molecule has 0 spiro atoms. The van der Waals surface area contributed by atoms with Crippen LogP contribution in [0.3, 0.4) is 0 Å². The molecule has 242 valence electrons. The third kappa shape index (κ3) is 8.41. The van der Waals surface area contributed by atoms with Gasteiger partial charge in [-0.05, 0) is 31.9 Å². The van der Waals surface area contributed by atoms with Crippen LogP contribution in [0.25, 0.3) is 0 Å². The van der Waals surface area contributed by atoms with Crippen LogP contribution < -0.4 is 0 Å². The summed E-state index contributed by atoms with van der Waals surface area (Å²) in [5.41, 5.74) is 0.277. The molecular formula is C31H41NO12. The van der Waals surface area contributed by atoms with Crippen LogP contribution >= 0.6 is 0 Å². The minimum atomic E-state index is -1.45. The number of unbranched alkanes of at least 4 members (excludes halogenated alkanes) is 5. The lowest BCUT2D eigenvalue weighted by molar-refractivity contribution is -0.259. The molecule has 0 bridgehead atoms. The first-order valence-corrected chi connectivity index (χ1v) is 14.8. The second-order valence-corrected chi connectivity index (χ2v) is 10.5. The Labute approximate surface area is 256 Å². The average Bonchev–Trinajstić information content (AvgIpc) is 3.26. The largest absolute Gasteiger partial charge is 0.469 e. The van der Waals surface area contributed by atoms with Gasteiger partial charge in [0.15, 0.2) is 6.29 Å². The maximum atomic E-state index is 13.6. The maximum Gasteiger partial charge on any atom is 0.312 e. The van der Waals surface area contributed by atoms with E-state index in [9.17, 15) is 28.8 Å². The van der Waals surface area contributed by atoms with Gasteiger partial charge in [-0.3, -0.25) is 33.7 Å². The molecule has 0 aromatic heterocycles. The van der Waals surface area contributed by atoms with Crippen molar-refractivity contribution in [1.29, 1.82) is 0 Å². The van der Waals surface area contributed by atoms with Crippen LogP contribution in [0.15, 0.2) is 24.3 Å². The predicted octanol–water partition coefficient (Wildman–Crippen LogP) is 2.83. The van der Waals surface area contributed by atoms with Gasteiger partial charge < -0.3 is 28.4 Å². The SMILES string of the molecule is CCOC(=O)CCCCCCCCOC1OC(COC(C)=O)C(C(=O)OC)C(C(=O)OC)C1N1C(=O)c2ccccc2C1=O. The van der Waals surface area contributed by atoms with Gasteiger partial charge in [-0.2, -0.15) is 0 Å². The Morgan fingerprint density at radius 3 is 1.95 bits per heavy atom. The van der Waals surface area contributed by atoms with Gasteiger partial charge in [0, 0.05) is 20.0 Å². The zero-order valence-electron chi connectivity index (χ0n) is 25.6. The number of carbonyl (C=O) groups is 6. The zero-order chi connectivity index (χ0) is 32.2. The van der Waals surface area contributed by atoms with E-state index in [4.69, 9.17) is 28.4 Å². The molecular weight excluding hydrogens is 578 g/mol. The van der Waals surface area contributed by atoms with E-state index in [0.717, 1.165) is 51.2 Å². The summed E-state index contributed by atoms with van der Waals surface area (Å²) in [5.74, 6) is -6.81. The van der Waals surface area contributed by atoms with Gasteiger partial charge in [-0.25, -0.2) is 0 Å². The Morgan fingerprint density at radius 2 is 1.39 bits per heavy atom. The second-order valence-electron chi connectivity index (χ2n) is 10.5. The number of benzene rings is 1. The third-order valence-corrected chi connectivity index (χ3v) is 7.63. The average molecular weight is 620 g/mol. The summed E-state index contributed by atoms with van der Waals surface area (Å²) < 4.78 is 32.3. The van der Waals surface area contributed by atoms with Gasteiger partial charge in [0.1, 0.15) is 24.7 Å². The number of rotatable bonds is 16. The van der Waals surface area contributed by atoms with Crippen molar-refractivity contribution >= 4 is 35.7 Å². The Morgan fingerprint density at radius 1 is 0.818 bits per heavy atom. The lowest BCUT2D eigenvalue weighted by Crippen LogP contribution is -2.64. The monoisotopic (exact) mass is 619 g/mol. The van der Waals surface area contributed by atoms with E-state index < -0.39 is 66.6 Å². The van der Waals surface area contributed by atoms with Crippen molar-refractivity contribution in [2.24, 2.45) is 11.8 Å². The number of hydrogen-bond acceptors (Lipinski definition) is 12. The number of fused-ring (bicyclic) bond motifs is 1. The highest BCUT2D eigenvalue weighted by Crippen LogP contribution is 2.40. The number of hydrogen-bond donors (Lipinski definition) is 0. The molecule has 5 unspecified atom stereocenters. The highest BCUT2D eigenvalue weighted by molar-refractivity contribution is 6.21. The number of nitrogens with zero attached hydrogens (tertiary/aromatic N) is 1. The van der Waals surface area contributed by atoms with Crippen LogP contribution in [0, 0.1) is 11.8 Å². The van der Waals surface area contributed by atoms with Gasteiger partial charge in [0.05, 0.1) is 37.9 Å². The van der Waals surface area contributed by atoms with Crippen molar-refractivity contribution in [2.45, 2.75) is 77.2 Å². The van der Waals surface area contributed by atoms with E-state index in [1.54, 1.807) is 19.1 Å². The maximum absolute atomic E-state index is 13.6. The van der Waals surface area contributed by atoms with Gasteiger partial charge in [0.25, 0.3) is 11.8 Å². The fraction of sp³-hybridized carbons (Fsp3) is 0.613. The van der Waals surface area contributed by atoms with Crippen LogP contribution in [0.5, 0.6) is 0 Å².